The molecule has 0 fully saturated rings. The number of hydrogen-bond acceptors (Lipinski definition) is 3. The van der Waals surface area contributed by atoms with Crippen molar-refractivity contribution in [3.63, 3.8) is 0 Å². The van der Waals surface area contributed by atoms with Gasteiger partial charge < -0.3 is 15.1 Å². The monoisotopic (exact) mass is 287 g/mol. The molecule has 0 radical (unpaired) electrons. The molecular formula is C16H21N3O2. The lowest BCUT2D eigenvalue weighted by Gasteiger charge is -2.22. The summed E-state index contributed by atoms with van der Waals surface area (Å²) in [6, 6.07) is 13.4. The van der Waals surface area contributed by atoms with Gasteiger partial charge in [0.2, 0.25) is 0 Å². The normalized spacial score (nSPS) is 12.1. The molecule has 0 spiro atoms. The Labute approximate surface area is 124 Å². The van der Waals surface area contributed by atoms with Crippen molar-refractivity contribution in [2.45, 2.75) is 12.6 Å². The zero-order chi connectivity index (χ0) is 15.1. The summed E-state index contributed by atoms with van der Waals surface area (Å²) in [4.78, 5) is 13.9. The fourth-order valence-corrected chi connectivity index (χ4v) is 2.05. The predicted octanol–water partition coefficient (Wildman–Crippen LogP) is 2.38. The summed E-state index contributed by atoms with van der Waals surface area (Å²) >= 11 is 0. The molecule has 1 atom stereocenters. The van der Waals surface area contributed by atoms with Gasteiger partial charge in [-0.05, 0) is 31.8 Å². The third-order valence-electron chi connectivity index (χ3n) is 3.25. The summed E-state index contributed by atoms with van der Waals surface area (Å²) < 4.78 is 5.41. The van der Waals surface area contributed by atoms with E-state index < -0.39 is 0 Å². The first-order chi connectivity index (χ1) is 10.2. The Kier molecular flexibility index (Phi) is 5.40. The molecule has 2 aromatic rings. The smallest absolute Gasteiger partial charge is 0.315 e. The topological polar surface area (TPSA) is 57.5 Å². The van der Waals surface area contributed by atoms with Gasteiger partial charge in [-0.15, -0.1) is 0 Å². The second kappa shape index (κ2) is 7.50. The molecule has 2 rings (SSSR count). The van der Waals surface area contributed by atoms with E-state index in [1.165, 1.54) is 0 Å². The number of carbonyl (C=O) groups is 1. The first kappa shape index (κ1) is 15.1. The molecule has 5 heteroatoms. The van der Waals surface area contributed by atoms with Gasteiger partial charge in [-0.25, -0.2) is 4.79 Å². The average Bonchev–Trinajstić information content (AvgIpc) is 3.00. The van der Waals surface area contributed by atoms with Crippen molar-refractivity contribution in [3.05, 3.63) is 60.1 Å². The molecule has 2 N–H and O–H groups in total. The maximum absolute atomic E-state index is 11.8. The molecule has 5 nitrogen and oxygen atoms in total. The number of rotatable bonds is 6. The van der Waals surface area contributed by atoms with Crippen molar-refractivity contribution < 1.29 is 9.21 Å². The van der Waals surface area contributed by atoms with Gasteiger partial charge in [-0.2, -0.15) is 0 Å². The Bertz CT molecular complexity index is 538. The lowest BCUT2D eigenvalue weighted by Crippen LogP contribution is -2.40. The lowest BCUT2D eigenvalue weighted by atomic mass is 10.2. The van der Waals surface area contributed by atoms with E-state index in [0.717, 1.165) is 11.3 Å². The van der Waals surface area contributed by atoms with Crippen LogP contribution in [0.5, 0.6) is 0 Å². The average molecular weight is 287 g/mol. The summed E-state index contributed by atoms with van der Waals surface area (Å²) in [5.41, 5.74) is 1.07. The summed E-state index contributed by atoms with van der Waals surface area (Å²) in [7, 11) is 3.91. The highest BCUT2D eigenvalue weighted by atomic mass is 16.3. The van der Waals surface area contributed by atoms with Crippen molar-refractivity contribution in [2.75, 3.05) is 20.6 Å². The first-order valence-corrected chi connectivity index (χ1v) is 6.92. The maximum atomic E-state index is 11.8. The number of nitrogens with one attached hydrogen (secondary N) is 2. The number of amides is 2. The SMILES string of the molecule is CN(C)C(CNC(=O)NCc1ccccc1)c1ccco1. The lowest BCUT2D eigenvalue weighted by molar-refractivity contribution is 0.225. The molecule has 0 aliphatic rings. The van der Waals surface area contributed by atoms with Crippen LogP contribution in [-0.4, -0.2) is 31.6 Å². The van der Waals surface area contributed by atoms with E-state index in [9.17, 15) is 4.79 Å². The van der Waals surface area contributed by atoms with E-state index in [4.69, 9.17) is 4.42 Å². The summed E-state index contributed by atoms with van der Waals surface area (Å²) in [5.74, 6) is 0.836. The third kappa shape index (κ3) is 4.65. The summed E-state index contributed by atoms with van der Waals surface area (Å²) in [6.45, 7) is 1.00. The molecule has 112 valence electrons. The van der Waals surface area contributed by atoms with Gasteiger partial charge >= 0.3 is 6.03 Å². The Morgan fingerprint density at radius 3 is 2.52 bits per heavy atom. The minimum absolute atomic E-state index is 0.0162. The van der Waals surface area contributed by atoms with Gasteiger partial charge in [0.1, 0.15) is 5.76 Å². The standard InChI is InChI=1S/C16H21N3O2/c1-19(2)14(15-9-6-10-21-15)12-18-16(20)17-11-13-7-4-3-5-8-13/h3-10,14H,11-12H2,1-2H3,(H2,17,18,20). The zero-order valence-corrected chi connectivity index (χ0v) is 12.4. The van der Waals surface area contributed by atoms with E-state index in [1.54, 1.807) is 6.26 Å². The van der Waals surface area contributed by atoms with Gasteiger partial charge in [0, 0.05) is 13.1 Å². The second-order valence-corrected chi connectivity index (χ2v) is 5.04. The van der Waals surface area contributed by atoms with Crippen molar-refractivity contribution >= 4 is 6.03 Å². The molecule has 0 aliphatic heterocycles. The van der Waals surface area contributed by atoms with Gasteiger partial charge in [0.25, 0.3) is 0 Å². The molecule has 21 heavy (non-hydrogen) atoms. The number of benzene rings is 1. The van der Waals surface area contributed by atoms with Crippen molar-refractivity contribution in [3.8, 4) is 0 Å². The van der Waals surface area contributed by atoms with E-state index in [0.29, 0.717) is 13.1 Å². The number of urea groups is 1. The predicted molar refractivity (Wildman–Crippen MR) is 81.8 cm³/mol. The minimum atomic E-state index is -0.183. The van der Waals surface area contributed by atoms with Gasteiger partial charge in [0.05, 0.1) is 12.3 Å². The van der Waals surface area contributed by atoms with Crippen LogP contribution in [0.3, 0.4) is 0 Å². The molecule has 0 saturated carbocycles. The van der Waals surface area contributed by atoms with E-state index in [-0.39, 0.29) is 12.1 Å². The Morgan fingerprint density at radius 2 is 1.90 bits per heavy atom. The molecule has 0 saturated heterocycles. The number of nitrogens with zero attached hydrogens (tertiary/aromatic N) is 1. The van der Waals surface area contributed by atoms with Crippen LogP contribution < -0.4 is 10.6 Å². The van der Waals surface area contributed by atoms with Crippen molar-refractivity contribution in [1.82, 2.24) is 15.5 Å². The molecule has 0 aliphatic carbocycles. The molecule has 1 aromatic carbocycles. The Balaban J connectivity index is 1.80. The van der Waals surface area contributed by atoms with Gasteiger partial charge in [-0.3, -0.25) is 4.90 Å². The molecule has 2 amide bonds. The number of carbonyl (C=O) groups excluding carboxylic acids is 1. The van der Waals surface area contributed by atoms with Gasteiger partial charge in [0.15, 0.2) is 0 Å². The number of hydrogen-bond donors (Lipinski definition) is 2. The quantitative estimate of drug-likeness (QED) is 0.857. The van der Waals surface area contributed by atoms with Crippen LogP contribution in [-0.2, 0) is 6.54 Å². The highest BCUT2D eigenvalue weighted by Crippen LogP contribution is 2.17. The highest BCUT2D eigenvalue weighted by molar-refractivity contribution is 5.73. The first-order valence-electron chi connectivity index (χ1n) is 6.92. The van der Waals surface area contributed by atoms with Crippen LogP contribution in [0.2, 0.25) is 0 Å². The highest BCUT2D eigenvalue weighted by Gasteiger charge is 2.17. The fraction of sp³-hybridized carbons (Fsp3) is 0.312. The number of furan rings is 1. The van der Waals surface area contributed by atoms with Gasteiger partial charge in [-0.1, -0.05) is 30.3 Å². The summed E-state index contributed by atoms with van der Waals surface area (Å²) in [6.07, 6.45) is 1.64. The molecule has 1 heterocycles. The largest absolute Gasteiger partial charge is 0.468 e. The zero-order valence-electron chi connectivity index (χ0n) is 12.4. The maximum Gasteiger partial charge on any atom is 0.315 e. The minimum Gasteiger partial charge on any atom is -0.468 e. The molecule has 0 bridgehead atoms. The van der Waals surface area contributed by atoms with Crippen LogP contribution in [0.4, 0.5) is 4.79 Å². The second-order valence-electron chi connectivity index (χ2n) is 5.04. The van der Waals surface area contributed by atoms with Crippen LogP contribution in [0.1, 0.15) is 17.4 Å². The molecule has 1 aromatic heterocycles. The van der Waals surface area contributed by atoms with E-state index >= 15 is 0 Å². The summed E-state index contributed by atoms with van der Waals surface area (Å²) in [5, 5.41) is 5.71. The third-order valence-corrected chi connectivity index (χ3v) is 3.25. The van der Waals surface area contributed by atoms with E-state index in [1.807, 2.05) is 61.5 Å². The van der Waals surface area contributed by atoms with Crippen molar-refractivity contribution in [1.29, 1.82) is 0 Å². The molecular weight excluding hydrogens is 266 g/mol. The molecule has 1 unspecified atom stereocenters. The Morgan fingerprint density at radius 1 is 1.14 bits per heavy atom. The van der Waals surface area contributed by atoms with Crippen LogP contribution in [0, 0.1) is 0 Å². The van der Waals surface area contributed by atoms with Crippen LogP contribution in [0.25, 0.3) is 0 Å². The van der Waals surface area contributed by atoms with Crippen LogP contribution >= 0.6 is 0 Å². The van der Waals surface area contributed by atoms with E-state index in [2.05, 4.69) is 10.6 Å². The fourth-order valence-electron chi connectivity index (χ4n) is 2.05. The van der Waals surface area contributed by atoms with Crippen LogP contribution in [0.15, 0.2) is 53.1 Å². The van der Waals surface area contributed by atoms with Crippen molar-refractivity contribution in [2.24, 2.45) is 0 Å². The number of likely N-dealkylation sites (N-methyl/N-ethyl adjacent to an activating group) is 1. The Hall–Kier alpha value is -2.27.